The number of allylic oxidation sites excluding steroid dienone is 1. The molecule has 1 aromatic carbocycles. The molecule has 3 nitrogen and oxygen atoms in total. The molecule has 1 aromatic heterocycles. The summed E-state index contributed by atoms with van der Waals surface area (Å²) in [7, 11) is 0. The molecule has 4 heteroatoms. The van der Waals surface area contributed by atoms with Crippen LogP contribution in [0.15, 0.2) is 23.3 Å². The van der Waals surface area contributed by atoms with E-state index in [0.717, 1.165) is 22.4 Å². The molecule has 0 amide bonds. The van der Waals surface area contributed by atoms with Crippen molar-refractivity contribution in [3.8, 4) is 0 Å². The third-order valence-electron chi connectivity index (χ3n) is 3.09. The van der Waals surface area contributed by atoms with E-state index in [-0.39, 0.29) is 5.82 Å². The van der Waals surface area contributed by atoms with Gasteiger partial charge in [-0.05, 0) is 19.4 Å². The Kier molecular flexibility index (Phi) is 2.11. The maximum absolute atomic E-state index is 14.3. The zero-order valence-electron chi connectivity index (χ0n) is 9.71. The molecule has 3 rings (SSSR count). The van der Waals surface area contributed by atoms with E-state index in [9.17, 15) is 4.39 Å². The number of nitrogens with zero attached hydrogens (tertiary/aromatic N) is 2. The molecule has 0 aliphatic carbocycles. The molecule has 1 aliphatic heterocycles. The highest BCUT2D eigenvalue weighted by Gasteiger charge is 2.17. The first-order valence-electron chi connectivity index (χ1n) is 5.52. The minimum Gasteiger partial charge on any atom is -0.282 e. The second-order valence-corrected chi connectivity index (χ2v) is 4.37. The van der Waals surface area contributed by atoms with Gasteiger partial charge < -0.3 is 0 Å². The topological polar surface area (TPSA) is 41.0 Å². The first kappa shape index (κ1) is 10.2. The van der Waals surface area contributed by atoms with Crippen molar-refractivity contribution in [2.75, 3.05) is 0 Å². The number of aryl methyl sites for hydroxylation is 1. The Bertz CT molecular complexity index is 665. The van der Waals surface area contributed by atoms with E-state index >= 15 is 0 Å². The second-order valence-electron chi connectivity index (χ2n) is 4.37. The number of aromatic amines is 1. The summed E-state index contributed by atoms with van der Waals surface area (Å²) in [6.07, 6.45) is 2.45. The van der Waals surface area contributed by atoms with Crippen molar-refractivity contribution in [3.63, 3.8) is 0 Å². The van der Waals surface area contributed by atoms with E-state index < -0.39 is 0 Å². The Morgan fingerprint density at radius 2 is 2.12 bits per heavy atom. The fourth-order valence-corrected chi connectivity index (χ4v) is 2.14. The van der Waals surface area contributed by atoms with Gasteiger partial charge in [-0.3, -0.25) is 10.1 Å². The number of aliphatic imine (C=N–C) groups is 1. The van der Waals surface area contributed by atoms with E-state index in [1.54, 1.807) is 12.3 Å². The summed E-state index contributed by atoms with van der Waals surface area (Å²) >= 11 is 0. The normalized spacial score (nSPS) is 15.2. The van der Waals surface area contributed by atoms with E-state index in [2.05, 4.69) is 15.2 Å². The molecule has 0 fully saturated rings. The van der Waals surface area contributed by atoms with Crippen LogP contribution in [-0.4, -0.2) is 15.9 Å². The number of aromatic nitrogens is 2. The Morgan fingerprint density at radius 3 is 2.82 bits per heavy atom. The number of H-pyrrole nitrogens is 1. The lowest BCUT2D eigenvalue weighted by Gasteiger charge is -2.04. The highest BCUT2D eigenvalue weighted by molar-refractivity contribution is 5.98. The van der Waals surface area contributed by atoms with Crippen molar-refractivity contribution in [2.45, 2.75) is 20.3 Å². The van der Waals surface area contributed by atoms with Crippen molar-refractivity contribution < 1.29 is 4.39 Å². The molecule has 0 spiro atoms. The smallest absolute Gasteiger partial charge is 0.158 e. The maximum atomic E-state index is 14.3. The molecular weight excluding hydrogens is 217 g/mol. The van der Waals surface area contributed by atoms with Crippen LogP contribution in [0.2, 0.25) is 0 Å². The van der Waals surface area contributed by atoms with Gasteiger partial charge in [-0.25, -0.2) is 4.39 Å². The van der Waals surface area contributed by atoms with Crippen molar-refractivity contribution in [1.82, 2.24) is 10.2 Å². The molecule has 1 aliphatic rings. The molecule has 1 N–H and O–H groups in total. The molecule has 2 heterocycles. The van der Waals surface area contributed by atoms with Gasteiger partial charge in [0.25, 0.3) is 0 Å². The van der Waals surface area contributed by atoms with Gasteiger partial charge in [0.15, 0.2) is 5.82 Å². The van der Waals surface area contributed by atoms with Gasteiger partial charge in [-0.1, -0.05) is 12.1 Å². The number of nitrogens with one attached hydrogen (secondary N) is 1. The third-order valence-corrected chi connectivity index (χ3v) is 3.09. The number of rotatable bonds is 1. The minimum atomic E-state index is -0.261. The Morgan fingerprint density at radius 1 is 1.29 bits per heavy atom. The van der Waals surface area contributed by atoms with E-state index in [4.69, 9.17) is 0 Å². The number of hydrogen-bond acceptors (Lipinski definition) is 2. The van der Waals surface area contributed by atoms with Crippen molar-refractivity contribution in [1.29, 1.82) is 0 Å². The molecule has 0 bridgehead atoms. The Balaban J connectivity index is 2.16. The van der Waals surface area contributed by atoms with E-state index in [0.29, 0.717) is 17.5 Å². The van der Waals surface area contributed by atoms with Gasteiger partial charge in [-0.15, -0.1) is 0 Å². The van der Waals surface area contributed by atoms with Crippen LogP contribution in [-0.2, 0) is 0 Å². The van der Waals surface area contributed by atoms with E-state index in [1.165, 1.54) is 0 Å². The third kappa shape index (κ3) is 1.48. The standard InChI is InChI=1S/C13H12FN3/c1-7-5-9(6-15-7)11-4-3-10-8(2)16-17-13(10)12(11)14/h3-4,6H,5H2,1-2H3,(H,16,17). The van der Waals surface area contributed by atoms with Crippen LogP contribution in [0, 0.1) is 12.7 Å². The zero-order chi connectivity index (χ0) is 12.0. The zero-order valence-corrected chi connectivity index (χ0v) is 9.71. The number of hydrogen-bond donors (Lipinski definition) is 1. The van der Waals surface area contributed by atoms with Crippen LogP contribution in [0.1, 0.15) is 24.6 Å². The van der Waals surface area contributed by atoms with Crippen LogP contribution in [0.5, 0.6) is 0 Å². The van der Waals surface area contributed by atoms with Gasteiger partial charge >= 0.3 is 0 Å². The quantitative estimate of drug-likeness (QED) is 0.801. The van der Waals surface area contributed by atoms with Gasteiger partial charge in [0.05, 0.1) is 0 Å². The molecule has 0 radical (unpaired) electrons. The molecule has 17 heavy (non-hydrogen) atoms. The summed E-state index contributed by atoms with van der Waals surface area (Å²) in [5.74, 6) is -0.261. The summed E-state index contributed by atoms with van der Waals surface area (Å²) in [6.45, 7) is 3.83. The van der Waals surface area contributed by atoms with Crippen LogP contribution >= 0.6 is 0 Å². The number of fused-ring (bicyclic) bond motifs is 1. The summed E-state index contributed by atoms with van der Waals surface area (Å²) in [6, 6.07) is 3.71. The molecular formula is C13H12FN3. The summed E-state index contributed by atoms with van der Waals surface area (Å²) < 4.78 is 14.3. The molecule has 0 saturated heterocycles. The maximum Gasteiger partial charge on any atom is 0.158 e. The SMILES string of the molecule is CC1=NC=C(c2ccc3c(C)[nH]nc3c2F)C1. The fourth-order valence-electron chi connectivity index (χ4n) is 2.14. The second kappa shape index (κ2) is 3.52. The average molecular weight is 229 g/mol. The largest absolute Gasteiger partial charge is 0.282 e. The lowest BCUT2D eigenvalue weighted by Crippen LogP contribution is -1.93. The number of halogens is 1. The van der Waals surface area contributed by atoms with Crippen molar-refractivity contribution in [3.05, 3.63) is 35.4 Å². The predicted octanol–water partition coefficient (Wildman–Crippen LogP) is 3.22. The van der Waals surface area contributed by atoms with Gasteiger partial charge in [0, 0.05) is 35.0 Å². The minimum absolute atomic E-state index is 0.261. The average Bonchev–Trinajstić information content (AvgIpc) is 2.87. The van der Waals surface area contributed by atoms with Gasteiger partial charge in [-0.2, -0.15) is 5.10 Å². The summed E-state index contributed by atoms with van der Waals surface area (Å²) in [4.78, 5) is 4.18. The molecule has 0 saturated carbocycles. The van der Waals surface area contributed by atoms with Crippen LogP contribution < -0.4 is 0 Å². The molecule has 2 aromatic rings. The predicted molar refractivity (Wildman–Crippen MR) is 66.5 cm³/mol. The summed E-state index contributed by atoms with van der Waals surface area (Å²) in [5, 5.41) is 7.65. The van der Waals surface area contributed by atoms with Gasteiger partial charge in [0.2, 0.25) is 0 Å². The number of benzene rings is 1. The lowest BCUT2D eigenvalue weighted by atomic mass is 10.0. The van der Waals surface area contributed by atoms with Crippen molar-refractivity contribution >= 4 is 22.2 Å². The van der Waals surface area contributed by atoms with Gasteiger partial charge in [0.1, 0.15) is 5.52 Å². The lowest BCUT2D eigenvalue weighted by molar-refractivity contribution is 0.632. The van der Waals surface area contributed by atoms with Crippen LogP contribution in [0.4, 0.5) is 4.39 Å². The highest BCUT2D eigenvalue weighted by Crippen LogP contribution is 2.30. The van der Waals surface area contributed by atoms with E-state index in [1.807, 2.05) is 19.9 Å². The van der Waals surface area contributed by atoms with Crippen LogP contribution in [0.25, 0.3) is 16.5 Å². The first-order chi connectivity index (χ1) is 8.16. The molecule has 86 valence electrons. The highest BCUT2D eigenvalue weighted by atomic mass is 19.1. The molecule has 0 atom stereocenters. The van der Waals surface area contributed by atoms with Crippen molar-refractivity contribution in [2.24, 2.45) is 4.99 Å². The fraction of sp³-hybridized carbons (Fsp3) is 0.231. The Labute approximate surface area is 98.1 Å². The summed E-state index contributed by atoms with van der Waals surface area (Å²) in [5.41, 5.74) is 3.83. The molecule has 0 unspecified atom stereocenters. The van der Waals surface area contributed by atoms with Crippen LogP contribution in [0.3, 0.4) is 0 Å². The first-order valence-corrected chi connectivity index (χ1v) is 5.52. The monoisotopic (exact) mass is 229 g/mol. The Hall–Kier alpha value is -1.97.